The van der Waals surface area contributed by atoms with E-state index in [0.29, 0.717) is 23.7 Å². The molecule has 18 heavy (non-hydrogen) atoms. The number of carbonyl (C=O) groups excluding carboxylic acids is 1. The van der Waals surface area contributed by atoms with Crippen LogP contribution in [0.2, 0.25) is 0 Å². The third-order valence-corrected chi connectivity index (χ3v) is 3.38. The fraction of sp³-hybridized carbons (Fsp3) is 0.500. The van der Waals surface area contributed by atoms with E-state index in [4.69, 9.17) is 14.2 Å². The van der Waals surface area contributed by atoms with Gasteiger partial charge in [-0.15, -0.1) is 0 Å². The zero-order valence-corrected chi connectivity index (χ0v) is 10.9. The molecule has 2 rings (SSSR count). The molecule has 0 radical (unpaired) electrons. The molecule has 0 amide bonds. The number of benzene rings is 1. The molecule has 98 valence electrons. The van der Waals surface area contributed by atoms with Crippen molar-refractivity contribution in [2.24, 2.45) is 5.92 Å². The van der Waals surface area contributed by atoms with Gasteiger partial charge >= 0.3 is 0 Å². The SMILES string of the molecule is COc1ccc(C(=O)C2CCOC2C)cc1OC. The Morgan fingerprint density at radius 1 is 1.28 bits per heavy atom. The largest absolute Gasteiger partial charge is 0.493 e. The normalized spacial score (nSPS) is 22.8. The molecule has 1 aliphatic rings. The van der Waals surface area contributed by atoms with Crippen molar-refractivity contribution in [3.8, 4) is 11.5 Å². The summed E-state index contributed by atoms with van der Waals surface area (Å²) < 4.78 is 15.8. The second-order valence-corrected chi connectivity index (χ2v) is 4.41. The highest BCUT2D eigenvalue weighted by molar-refractivity contribution is 5.98. The number of Topliss-reactive ketones (excluding diaryl/α,β-unsaturated/α-hetero) is 1. The number of hydrogen-bond acceptors (Lipinski definition) is 4. The van der Waals surface area contributed by atoms with Crippen molar-refractivity contribution in [1.82, 2.24) is 0 Å². The molecule has 1 saturated heterocycles. The van der Waals surface area contributed by atoms with E-state index in [1.807, 2.05) is 6.92 Å². The summed E-state index contributed by atoms with van der Waals surface area (Å²) in [6.45, 7) is 2.60. The Hall–Kier alpha value is -1.55. The maximum absolute atomic E-state index is 12.3. The van der Waals surface area contributed by atoms with Gasteiger partial charge in [-0.3, -0.25) is 4.79 Å². The van der Waals surface area contributed by atoms with E-state index in [1.54, 1.807) is 32.4 Å². The summed E-state index contributed by atoms with van der Waals surface area (Å²) in [5.74, 6) is 1.27. The average molecular weight is 250 g/mol. The van der Waals surface area contributed by atoms with Gasteiger partial charge in [0.15, 0.2) is 17.3 Å². The first-order valence-electron chi connectivity index (χ1n) is 6.05. The van der Waals surface area contributed by atoms with Crippen molar-refractivity contribution in [2.75, 3.05) is 20.8 Å². The Balaban J connectivity index is 2.25. The van der Waals surface area contributed by atoms with Crippen molar-refractivity contribution in [3.63, 3.8) is 0 Å². The van der Waals surface area contributed by atoms with Gasteiger partial charge in [-0.05, 0) is 31.5 Å². The molecule has 2 unspecified atom stereocenters. The van der Waals surface area contributed by atoms with Gasteiger partial charge in [0.2, 0.25) is 0 Å². The fourth-order valence-corrected chi connectivity index (χ4v) is 2.28. The smallest absolute Gasteiger partial charge is 0.168 e. The van der Waals surface area contributed by atoms with E-state index in [9.17, 15) is 4.79 Å². The zero-order valence-electron chi connectivity index (χ0n) is 10.9. The van der Waals surface area contributed by atoms with E-state index in [2.05, 4.69) is 0 Å². The van der Waals surface area contributed by atoms with Gasteiger partial charge in [-0.1, -0.05) is 0 Å². The number of carbonyl (C=O) groups is 1. The highest BCUT2D eigenvalue weighted by atomic mass is 16.5. The maximum Gasteiger partial charge on any atom is 0.168 e. The van der Waals surface area contributed by atoms with Crippen LogP contribution in [0.4, 0.5) is 0 Å². The summed E-state index contributed by atoms with van der Waals surface area (Å²) in [5, 5.41) is 0. The molecule has 0 N–H and O–H groups in total. The highest BCUT2D eigenvalue weighted by Crippen LogP contribution is 2.31. The topological polar surface area (TPSA) is 44.8 Å². The first-order valence-corrected chi connectivity index (χ1v) is 6.05. The summed E-state index contributed by atoms with van der Waals surface area (Å²) in [7, 11) is 3.14. The van der Waals surface area contributed by atoms with Crippen LogP contribution in [0.1, 0.15) is 23.7 Å². The van der Waals surface area contributed by atoms with Crippen LogP contribution < -0.4 is 9.47 Å². The molecule has 4 nitrogen and oxygen atoms in total. The number of methoxy groups -OCH3 is 2. The predicted octanol–water partition coefficient (Wildman–Crippen LogP) is 2.31. The van der Waals surface area contributed by atoms with Crippen LogP contribution >= 0.6 is 0 Å². The Kier molecular flexibility index (Phi) is 3.87. The van der Waals surface area contributed by atoms with Gasteiger partial charge in [0.25, 0.3) is 0 Å². The second kappa shape index (κ2) is 5.40. The minimum absolute atomic E-state index is 0.00871. The van der Waals surface area contributed by atoms with Crippen LogP contribution in [0, 0.1) is 5.92 Å². The van der Waals surface area contributed by atoms with Crippen molar-refractivity contribution >= 4 is 5.78 Å². The molecule has 0 aliphatic carbocycles. The Morgan fingerprint density at radius 3 is 2.56 bits per heavy atom. The molecule has 1 aliphatic heterocycles. The summed E-state index contributed by atoms with van der Waals surface area (Å²) in [5.41, 5.74) is 0.648. The Bertz CT molecular complexity index is 441. The molecule has 0 aromatic heterocycles. The molecule has 1 heterocycles. The molecular formula is C14H18O4. The van der Waals surface area contributed by atoms with Crippen molar-refractivity contribution < 1.29 is 19.0 Å². The van der Waals surface area contributed by atoms with Crippen molar-refractivity contribution in [2.45, 2.75) is 19.4 Å². The Morgan fingerprint density at radius 2 is 2.00 bits per heavy atom. The summed E-state index contributed by atoms with van der Waals surface area (Å²) >= 11 is 0. The quantitative estimate of drug-likeness (QED) is 0.769. The second-order valence-electron chi connectivity index (χ2n) is 4.41. The highest BCUT2D eigenvalue weighted by Gasteiger charge is 2.31. The molecular weight excluding hydrogens is 232 g/mol. The van der Waals surface area contributed by atoms with Gasteiger partial charge in [-0.25, -0.2) is 0 Å². The lowest BCUT2D eigenvalue weighted by molar-refractivity contribution is 0.0764. The van der Waals surface area contributed by atoms with Gasteiger partial charge in [0.1, 0.15) is 0 Å². The van der Waals surface area contributed by atoms with Gasteiger partial charge in [0.05, 0.1) is 26.2 Å². The predicted molar refractivity (Wildman–Crippen MR) is 67.4 cm³/mol. The van der Waals surface area contributed by atoms with Crippen molar-refractivity contribution in [3.05, 3.63) is 23.8 Å². The summed E-state index contributed by atoms with van der Waals surface area (Å²) in [6.07, 6.45) is 0.777. The average Bonchev–Trinajstić information content (AvgIpc) is 2.83. The summed E-state index contributed by atoms with van der Waals surface area (Å²) in [4.78, 5) is 12.3. The molecule has 1 aromatic carbocycles. The third-order valence-electron chi connectivity index (χ3n) is 3.38. The lowest BCUT2D eigenvalue weighted by Gasteiger charge is -2.14. The minimum Gasteiger partial charge on any atom is -0.493 e. The molecule has 1 fully saturated rings. The number of ketones is 1. The van der Waals surface area contributed by atoms with E-state index in [-0.39, 0.29) is 17.8 Å². The number of rotatable bonds is 4. The van der Waals surface area contributed by atoms with Crippen molar-refractivity contribution in [1.29, 1.82) is 0 Å². The zero-order chi connectivity index (χ0) is 13.1. The first-order chi connectivity index (χ1) is 8.67. The molecule has 0 saturated carbocycles. The molecule has 4 heteroatoms. The monoisotopic (exact) mass is 250 g/mol. The lowest BCUT2D eigenvalue weighted by Crippen LogP contribution is -2.21. The molecule has 0 spiro atoms. The summed E-state index contributed by atoms with van der Waals surface area (Å²) in [6, 6.07) is 5.26. The fourth-order valence-electron chi connectivity index (χ4n) is 2.28. The molecule has 1 aromatic rings. The molecule has 0 bridgehead atoms. The van der Waals surface area contributed by atoms with Gasteiger partial charge < -0.3 is 14.2 Å². The third kappa shape index (κ3) is 2.34. The minimum atomic E-state index is -0.0527. The number of ether oxygens (including phenoxy) is 3. The van der Waals surface area contributed by atoms with Crippen LogP contribution in [0.5, 0.6) is 11.5 Å². The Labute approximate surface area is 107 Å². The van der Waals surface area contributed by atoms with Crippen LogP contribution in [-0.2, 0) is 4.74 Å². The van der Waals surface area contributed by atoms with E-state index < -0.39 is 0 Å². The molecule has 2 atom stereocenters. The standard InChI is InChI=1S/C14H18O4/c1-9-11(6-7-18-9)14(15)10-4-5-12(16-2)13(8-10)17-3/h4-5,8-9,11H,6-7H2,1-3H3. The van der Waals surface area contributed by atoms with Gasteiger partial charge in [0, 0.05) is 12.2 Å². The van der Waals surface area contributed by atoms with Crippen LogP contribution in [0.15, 0.2) is 18.2 Å². The van der Waals surface area contributed by atoms with E-state index >= 15 is 0 Å². The van der Waals surface area contributed by atoms with Crippen LogP contribution in [-0.4, -0.2) is 32.7 Å². The van der Waals surface area contributed by atoms with Crippen LogP contribution in [0.25, 0.3) is 0 Å². The maximum atomic E-state index is 12.3. The first kappa shape index (κ1) is 12.9. The number of hydrogen-bond donors (Lipinski definition) is 0. The van der Waals surface area contributed by atoms with E-state index in [0.717, 1.165) is 6.42 Å². The van der Waals surface area contributed by atoms with Crippen LogP contribution in [0.3, 0.4) is 0 Å². The van der Waals surface area contributed by atoms with E-state index in [1.165, 1.54) is 0 Å². The van der Waals surface area contributed by atoms with Gasteiger partial charge in [-0.2, -0.15) is 0 Å². The lowest BCUT2D eigenvalue weighted by atomic mass is 9.92.